The van der Waals surface area contributed by atoms with Crippen molar-refractivity contribution in [2.24, 2.45) is 0 Å². The molecule has 1 aliphatic rings. The van der Waals surface area contributed by atoms with E-state index >= 15 is 0 Å². The number of carbonyl (C=O) groups excluding carboxylic acids is 1. The molecule has 1 saturated heterocycles. The van der Waals surface area contributed by atoms with Gasteiger partial charge in [-0.25, -0.2) is 5.01 Å². The first-order valence-electron chi connectivity index (χ1n) is 5.78. The van der Waals surface area contributed by atoms with E-state index in [1.54, 1.807) is 18.2 Å². The molecule has 4 nitrogen and oxygen atoms in total. The summed E-state index contributed by atoms with van der Waals surface area (Å²) in [6.45, 7) is 1.80. The van der Waals surface area contributed by atoms with Crippen LogP contribution in [0.3, 0.4) is 0 Å². The summed E-state index contributed by atoms with van der Waals surface area (Å²) >= 11 is 5.79. The Morgan fingerprint density at radius 1 is 1.29 bits per heavy atom. The fourth-order valence-electron chi connectivity index (χ4n) is 1.95. The Hall–Kier alpha value is -1.26. The van der Waals surface area contributed by atoms with Gasteiger partial charge in [0, 0.05) is 23.8 Å². The van der Waals surface area contributed by atoms with Gasteiger partial charge in [0.25, 0.3) is 5.91 Å². The highest BCUT2D eigenvalue weighted by Gasteiger charge is 2.15. The van der Waals surface area contributed by atoms with Gasteiger partial charge in [-0.15, -0.1) is 0 Å². The Kier molecular flexibility index (Phi) is 3.86. The van der Waals surface area contributed by atoms with E-state index < -0.39 is 0 Å². The number of nitrogens with two attached hydrogens (primary N) is 1. The minimum absolute atomic E-state index is 0.166. The summed E-state index contributed by atoms with van der Waals surface area (Å²) in [5.41, 5.74) is 9.51. The fourth-order valence-corrected chi connectivity index (χ4v) is 2.13. The molecule has 0 atom stereocenters. The molecule has 1 aromatic carbocycles. The first kappa shape index (κ1) is 12.2. The molecular formula is C12H16ClN3O. The largest absolute Gasteiger partial charge is 0.398 e. The lowest BCUT2D eigenvalue weighted by Crippen LogP contribution is -2.45. The number of carbonyl (C=O) groups is 1. The highest BCUT2D eigenvalue weighted by molar-refractivity contribution is 6.31. The fraction of sp³-hybridized carbons (Fsp3) is 0.417. The summed E-state index contributed by atoms with van der Waals surface area (Å²) in [6.07, 6.45) is 3.47. The predicted octanol–water partition coefficient (Wildman–Crippen LogP) is 2.05. The zero-order valence-electron chi connectivity index (χ0n) is 9.58. The van der Waals surface area contributed by atoms with Crippen molar-refractivity contribution in [3.05, 3.63) is 28.8 Å². The van der Waals surface area contributed by atoms with Crippen molar-refractivity contribution in [3.8, 4) is 0 Å². The number of nitrogens with zero attached hydrogens (tertiary/aromatic N) is 1. The third-order valence-corrected chi connectivity index (χ3v) is 3.11. The summed E-state index contributed by atoms with van der Waals surface area (Å²) in [4.78, 5) is 12.0. The molecule has 3 N–H and O–H groups in total. The standard InChI is InChI=1S/C12H16ClN3O/c13-9-4-5-10(11(14)8-9)12(17)15-16-6-2-1-3-7-16/h4-5,8H,1-3,6-7,14H2,(H,15,17). The van der Waals surface area contributed by atoms with Crippen LogP contribution in [-0.4, -0.2) is 24.0 Å². The number of hydrazine groups is 1. The SMILES string of the molecule is Nc1cc(Cl)ccc1C(=O)NN1CCCCC1. The van der Waals surface area contributed by atoms with Gasteiger partial charge in [-0.1, -0.05) is 18.0 Å². The first-order valence-corrected chi connectivity index (χ1v) is 6.15. The Labute approximate surface area is 106 Å². The Bertz CT molecular complexity index is 416. The number of halogens is 1. The molecule has 1 aromatic rings. The molecule has 0 bridgehead atoms. The number of rotatable bonds is 2. The minimum Gasteiger partial charge on any atom is -0.398 e. The summed E-state index contributed by atoms with van der Waals surface area (Å²) in [7, 11) is 0. The van der Waals surface area contributed by atoms with Gasteiger partial charge >= 0.3 is 0 Å². The zero-order valence-corrected chi connectivity index (χ0v) is 10.3. The summed E-state index contributed by atoms with van der Waals surface area (Å²) < 4.78 is 0. The predicted molar refractivity (Wildman–Crippen MR) is 68.8 cm³/mol. The van der Waals surface area contributed by atoms with Gasteiger partial charge in [0.1, 0.15) is 0 Å². The molecule has 0 aromatic heterocycles. The van der Waals surface area contributed by atoms with E-state index in [-0.39, 0.29) is 5.91 Å². The maximum Gasteiger partial charge on any atom is 0.267 e. The molecule has 0 saturated carbocycles. The van der Waals surface area contributed by atoms with Crippen molar-refractivity contribution < 1.29 is 4.79 Å². The van der Waals surface area contributed by atoms with E-state index in [1.165, 1.54) is 6.42 Å². The molecule has 5 heteroatoms. The maximum absolute atomic E-state index is 12.0. The molecule has 92 valence electrons. The third-order valence-electron chi connectivity index (χ3n) is 2.87. The molecule has 1 amide bonds. The Morgan fingerprint density at radius 2 is 2.00 bits per heavy atom. The molecule has 17 heavy (non-hydrogen) atoms. The van der Waals surface area contributed by atoms with Crippen molar-refractivity contribution in [1.82, 2.24) is 10.4 Å². The highest BCUT2D eigenvalue weighted by atomic mass is 35.5. The Morgan fingerprint density at radius 3 is 2.65 bits per heavy atom. The minimum atomic E-state index is -0.166. The molecule has 1 aliphatic heterocycles. The number of nitrogens with one attached hydrogen (secondary N) is 1. The molecule has 0 radical (unpaired) electrons. The number of benzene rings is 1. The van der Waals surface area contributed by atoms with Crippen molar-refractivity contribution in [1.29, 1.82) is 0 Å². The number of anilines is 1. The number of nitrogen functional groups attached to an aromatic ring is 1. The third kappa shape index (κ3) is 3.11. The van der Waals surface area contributed by atoms with Crippen molar-refractivity contribution in [3.63, 3.8) is 0 Å². The van der Waals surface area contributed by atoms with Crippen LogP contribution < -0.4 is 11.2 Å². The van der Waals surface area contributed by atoms with Crippen LogP contribution in [0.15, 0.2) is 18.2 Å². The quantitative estimate of drug-likeness (QED) is 0.794. The molecule has 0 spiro atoms. The summed E-state index contributed by atoms with van der Waals surface area (Å²) in [5, 5.41) is 2.48. The van der Waals surface area contributed by atoms with Crippen molar-refractivity contribution in [2.75, 3.05) is 18.8 Å². The van der Waals surface area contributed by atoms with Gasteiger partial charge in [0.2, 0.25) is 0 Å². The van der Waals surface area contributed by atoms with E-state index in [9.17, 15) is 4.79 Å². The first-order chi connectivity index (χ1) is 8.16. The second kappa shape index (κ2) is 5.38. The Balaban J connectivity index is 2.03. The molecule has 2 rings (SSSR count). The molecule has 1 heterocycles. The summed E-state index contributed by atoms with van der Waals surface area (Å²) in [5.74, 6) is -0.166. The van der Waals surface area contributed by atoms with E-state index in [4.69, 9.17) is 17.3 Å². The van der Waals surface area contributed by atoms with Gasteiger partial charge in [0.15, 0.2) is 0 Å². The van der Waals surface area contributed by atoms with Crippen LogP contribution in [0.1, 0.15) is 29.6 Å². The van der Waals surface area contributed by atoms with Crippen LogP contribution in [0.25, 0.3) is 0 Å². The number of hydrogen-bond donors (Lipinski definition) is 2. The zero-order chi connectivity index (χ0) is 12.3. The lowest BCUT2D eigenvalue weighted by atomic mass is 10.1. The molecule has 1 fully saturated rings. The monoisotopic (exact) mass is 253 g/mol. The van der Waals surface area contributed by atoms with Gasteiger partial charge < -0.3 is 5.73 Å². The normalized spacial score (nSPS) is 16.8. The number of amides is 1. The van der Waals surface area contributed by atoms with Crippen LogP contribution in [0, 0.1) is 0 Å². The number of hydrogen-bond acceptors (Lipinski definition) is 3. The molecular weight excluding hydrogens is 238 g/mol. The van der Waals surface area contributed by atoms with E-state index in [2.05, 4.69) is 5.43 Å². The summed E-state index contributed by atoms with van der Waals surface area (Å²) in [6, 6.07) is 4.91. The van der Waals surface area contributed by atoms with Gasteiger partial charge in [-0.3, -0.25) is 10.2 Å². The average Bonchev–Trinajstić information content (AvgIpc) is 2.30. The van der Waals surface area contributed by atoms with E-state index in [1.807, 2.05) is 5.01 Å². The van der Waals surface area contributed by atoms with Crippen LogP contribution >= 0.6 is 11.6 Å². The van der Waals surface area contributed by atoms with Gasteiger partial charge in [-0.2, -0.15) is 0 Å². The highest BCUT2D eigenvalue weighted by Crippen LogP contribution is 2.18. The van der Waals surface area contributed by atoms with Crippen LogP contribution in [0.4, 0.5) is 5.69 Å². The van der Waals surface area contributed by atoms with Crippen LogP contribution in [0.5, 0.6) is 0 Å². The second-order valence-corrected chi connectivity index (χ2v) is 4.66. The molecule has 0 aliphatic carbocycles. The number of piperidine rings is 1. The van der Waals surface area contributed by atoms with Crippen LogP contribution in [-0.2, 0) is 0 Å². The van der Waals surface area contributed by atoms with E-state index in [0.29, 0.717) is 16.3 Å². The van der Waals surface area contributed by atoms with Gasteiger partial charge in [0.05, 0.1) is 5.56 Å². The maximum atomic E-state index is 12.0. The topological polar surface area (TPSA) is 58.4 Å². The lowest BCUT2D eigenvalue weighted by molar-refractivity contribution is 0.0751. The van der Waals surface area contributed by atoms with Crippen molar-refractivity contribution >= 4 is 23.2 Å². The lowest BCUT2D eigenvalue weighted by Gasteiger charge is -2.27. The average molecular weight is 254 g/mol. The van der Waals surface area contributed by atoms with Gasteiger partial charge in [-0.05, 0) is 31.0 Å². The second-order valence-electron chi connectivity index (χ2n) is 4.22. The van der Waals surface area contributed by atoms with Crippen molar-refractivity contribution in [2.45, 2.75) is 19.3 Å². The van der Waals surface area contributed by atoms with Crippen LogP contribution in [0.2, 0.25) is 5.02 Å². The smallest absolute Gasteiger partial charge is 0.267 e. The molecule has 0 unspecified atom stereocenters. The van der Waals surface area contributed by atoms with E-state index in [0.717, 1.165) is 25.9 Å².